The van der Waals surface area contributed by atoms with E-state index in [2.05, 4.69) is 19.1 Å². The number of carbonyl (C=O) groups is 1. The molecule has 0 N–H and O–H groups in total. The van der Waals surface area contributed by atoms with Gasteiger partial charge < -0.3 is 9.47 Å². The van der Waals surface area contributed by atoms with Crippen LogP contribution in [0.3, 0.4) is 0 Å². The minimum absolute atomic E-state index is 0.271. The number of amides is 1. The van der Waals surface area contributed by atoms with Gasteiger partial charge in [-0.3, -0.25) is 4.90 Å². The number of nitrogens with zero attached hydrogens (tertiary/aromatic N) is 1. The summed E-state index contributed by atoms with van der Waals surface area (Å²) in [5, 5.41) is 0. The summed E-state index contributed by atoms with van der Waals surface area (Å²) < 4.78 is 11.3. The number of allylic oxidation sites excluding steroid dienone is 1. The molecule has 1 unspecified atom stereocenters. The van der Waals surface area contributed by atoms with Gasteiger partial charge >= 0.3 is 6.09 Å². The molecule has 1 aromatic carbocycles. The molecular weight excluding hydrogens is 290 g/mol. The van der Waals surface area contributed by atoms with Gasteiger partial charge in [0.1, 0.15) is 11.4 Å². The van der Waals surface area contributed by atoms with Gasteiger partial charge in [-0.1, -0.05) is 25.1 Å². The van der Waals surface area contributed by atoms with E-state index in [0.29, 0.717) is 19.1 Å². The summed E-state index contributed by atoms with van der Waals surface area (Å²) in [6.07, 6.45) is 3.75. The lowest BCUT2D eigenvalue weighted by Crippen LogP contribution is -2.40. The number of benzene rings is 1. The van der Waals surface area contributed by atoms with E-state index in [9.17, 15) is 4.79 Å². The molecule has 0 aromatic heterocycles. The van der Waals surface area contributed by atoms with Crippen molar-refractivity contribution in [2.45, 2.75) is 46.1 Å². The zero-order valence-corrected chi connectivity index (χ0v) is 14.4. The molecule has 2 aliphatic heterocycles. The summed E-state index contributed by atoms with van der Waals surface area (Å²) in [5.41, 5.74) is 2.75. The zero-order valence-electron chi connectivity index (χ0n) is 14.4. The predicted molar refractivity (Wildman–Crippen MR) is 90.3 cm³/mol. The summed E-state index contributed by atoms with van der Waals surface area (Å²) in [6, 6.07) is 6.06. The molecule has 3 rings (SSSR count). The van der Waals surface area contributed by atoms with Crippen LogP contribution in [0.5, 0.6) is 5.75 Å². The Hall–Kier alpha value is -1.97. The van der Waals surface area contributed by atoms with E-state index < -0.39 is 5.60 Å². The standard InChI is InChI=1S/C19H25NO3/c1-13-8-9-16(20(12-13)18(21)23-19(2,3)4)14-6-5-7-17-15(14)10-11-22-17/h5-7,9,13H,8,10-12H2,1-4H3. The van der Waals surface area contributed by atoms with Crippen LogP contribution in [0.1, 0.15) is 45.2 Å². The molecule has 124 valence electrons. The van der Waals surface area contributed by atoms with Crippen LogP contribution in [0.4, 0.5) is 4.79 Å². The Balaban J connectivity index is 1.96. The van der Waals surface area contributed by atoms with Gasteiger partial charge in [0.05, 0.1) is 12.3 Å². The van der Waals surface area contributed by atoms with Crippen molar-refractivity contribution >= 4 is 11.8 Å². The molecule has 0 saturated carbocycles. The molecule has 0 radical (unpaired) electrons. The highest BCUT2D eigenvalue weighted by molar-refractivity contribution is 5.84. The highest BCUT2D eigenvalue weighted by atomic mass is 16.6. The van der Waals surface area contributed by atoms with Crippen molar-refractivity contribution < 1.29 is 14.3 Å². The maximum absolute atomic E-state index is 12.7. The van der Waals surface area contributed by atoms with Crippen LogP contribution < -0.4 is 4.74 Å². The van der Waals surface area contributed by atoms with Crippen molar-refractivity contribution in [2.75, 3.05) is 13.2 Å². The lowest BCUT2D eigenvalue weighted by molar-refractivity contribution is 0.0327. The number of hydrogen-bond donors (Lipinski definition) is 0. The molecule has 2 heterocycles. The van der Waals surface area contributed by atoms with Crippen LogP contribution in [0, 0.1) is 5.92 Å². The van der Waals surface area contributed by atoms with E-state index in [1.165, 1.54) is 5.56 Å². The number of fused-ring (bicyclic) bond motifs is 1. The lowest BCUT2D eigenvalue weighted by Gasteiger charge is -2.34. The lowest BCUT2D eigenvalue weighted by atomic mass is 9.95. The number of carbonyl (C=O) groups excluding carboxylic acids is 1. The minimum atomic E-state index is -0.495. The van der Waals surface area contributed by atoms with Gasteiger partial charge in [-0.25, -0.2) is 4.79 Å². The molecule has 23 heavy (non-hydrogen) atoms. The van der Waals surface area contributed by atoms with Gasteiger partial charge in [0, 0.05) is 24.1 Å². The van der Waals surface area contributed by atoms with Crippen LogP contribution in [-0.2, 0) is 11.2 Å². The smallest absolute Gasteiger partial charge is 0.414 e. The Morgan fingerprint density at radius 2 is 2.13 bits per heavy atom. The zero-order chi connectivity index (χ0) is 16.6. The third-order valence-electron chi connectivity index (χ3n) is 4.13. The van der Waals surface area contributed by atoms with E-state index in [0.717, 1.165) is 29.9 Å². The summed E-state index contributed by atoms with van der Waals surface area (Å²) in [7, 11) is 0. The molecule has 0 saturated heterocycles. The highest BCUT2D eigenvalue weighted by Gasteiger charge is 2.31. The first kappa shape index (κ1) is 15.9. The fraction of sp³-hybridized carbons (Fsp3) is 0.526. The van der Waals surface area contributed by atoms with Crippen molar-refractivity contribution in [1.82, 2.24) is 4.90 Å². The Morgan fingerprint density at radius 3 is 2.87 bits per heavy atom. The molecule has 4 nitrogen and oxygen atoms in total. The van der Waals surface area contributed by atoms with Crippen molar-refractivity contribution in [2.24, 2.45) is 5.92 Å². The van der Waals surface area contributed by atoms with Crippen LogP contribution >= 0.6 is 0 Å². The van der Waals surface area contributed by atoms with Crippen molar-refractivity contribution in [3.63, 3.8) is 0 Å². The molecule has 4 heteroatoms. The van der Waals surface area contributed by atoms with E-state index in [1.54, 1.807) is 4.90 Å². The Morgan fingerprint density at radius 1 is 1.35 bits per heavy atom. The van der Waals surface area contributed by atoms with E-state index in [4.69, 9.17) is 9.47 Å². The first-order valence-electron chi connectivity index (χ1n) is 8.31. The van der Waals surface area contributed by atoms with Gasteiger partial charge in [0.2, 0.25) is 0 Å². The molecule has 1 amide bonds. The second kappa shape index (κ2) is 5.91. The molecule has 0 spiro atoms. The van der Waals surface area contributed by atoms with Crippen LogP contribution in [0.15, 0.2) is 24.3 Å². The quantitative estimate of drug-likeness (QED) is 0.778. The topological polar surface area (TPSA) is 38.8 Å². The number of hydrogen-bond acceptors (Lipinski definition) is 3. The first-order chi connectivity index (χ1) is 10.8. The second-order valence-electron chi connectivity index (χ2n) is 7.40. The predicted octanol–water partition coefficient (Wildman–Crippen LogP) is 4.24. The van der Waals surface area contributed by atoms with E-state index in [-0.39, 0.29) is 6.09 Å². The Labute approximate surface area is 138 Å². The Kier molecular flexibility index (Phi) is 4.09. The van der Waals surface area contributed by atoms with Gasteiger partial charge in [-0.05, 0) is 39.2 Å². The van der Waals surface area contributed by atoms with Crippen molar-refractivity contribution in [1.29, 1.82) is 0 Å². The molecule has 0 fully saturated rings. The monoisotopic (exact) mass is 315 g/mol. The molecular formula is C19H25NO3. The molecule has 0 bridgehead atoms. The SMILES string of the molecule is CC1CC=C(c2cccc3c2CCO3)N(C(=O)OC(C)(C)C)C1. The highest BCUT2D eigenvalue weighted by Crippen LogP contribution is 2.36. The average Bonchev–Trinajstić information content (AvgIpc) is 2.94. The maximum Gasteiger partial charge on any atom is 0.414 e. The largest absolute Gasteiger partial charge is 0.493 e. The fourth-order valence-corrected chi connectivity index (χ4v) is 3.11. The van der Waals surface area contributed by atoms with Crippen molar-refractivity contribution in [3.05, 3.63) is 35.4 Å². The van der Waals surface area contributed by atoms with Gasteiger partial charge in [-0.2, -0.15) is 0 Å². The second-order valence-corrected chi connectivity index (χ2v) is 7.40. The minimum Gasteiger partial charge on any atom is -0.493 e. The fourth-order valence-electron chi connectivity index (χ4n) is 3.11. The van der Waals surface area contributed by atoms with Gasteiger partial charge in [0.25, 0.3) is 0 Å². The van der Waals surface area contributed by atoms with Crippen LogP contribution in [0.2, 0.25) is 0 Å². The van der Waals surface area contributed by atoms with Gasteiger partial charge in [0.15, 0.2) is 0 Å². The molecule has 1 atom stereocenters. The summed E-state index contributed by atoms with van der Waals surface area (Å²) in [4.78, 5) is 14.5. The summed E-state index contributed by atoms with van der Waals surface area (Å²) in [5.74, 6) is 1.37. The Bertz CT molecular complexity index is 643. The number of ether oxygens (including phenoxy) is 2. The number of rotatable bonds is 1. The molecule has 1 aromatic rings. The molecule has 0 aliphatic carbocycles. The summed E-state index contributed by atoms with van der Waals surface area (Å²) >= 11 is 0. The van der Waals surface area contributed by atoms with Crippen molar-refractivity contribution in [3.8, 4) is 5.75 Å². The van der Waals surface area contributed by atoms with Crippen LogP contribution in [-0.4, -0.2) is 29.7 Å². The first-order valence-corrected chi connectivity index (χ1v) is 8.31. The van der Waals surface area contributed by atoms with E-state index >= 15 is 0 Å². The average molecular weight is 315 g/mol. The maximum atomic E-state index is 12.7. The summed E-state index contributed by atoms with van der Waals surface area (Å²) in [6.45, 7) is 9.25. The van der Waals surface area contributed by atoms with Gasteiger partial charge in [-0.15, -0.1) is 0 Å². The third kappa shape index (κ3) is 3.36. The molecule has 2 aliphatic rings. The third-order valence-corrected chi connectivity index (χ3v) is 4.13. The van der Waals surface area contributed by atoms with E-state index in [1.807, 2.05) is 32.9 Å². The van der Waals surface area contributed by atoms with Crippen LogP contribution in [0.25, 0.3) is 5.70 Å². The normalized spacial score (nSPS) is 20.6.